The molecule has 25 heavy (non-hydrogen) atoms. The van der Waals surface area contributed by atoms with Crippen molar-refractivity contribution in [3.63, 3.8) is 0 Å². The van der Waals surface area contributed by atoms with Gasteiger partial charge in [0.2, 0.25) is 17.7 Å². The van der Waals surface area contributed by atoms with E-state index in [1.54, 1.807) is 5.48 Å². The molecule has 7 heteroatoms. The first-order valence-corrected chi connectivity index (χ1v) is 8.48. The van der Waals surface area contributed by atoms with Crippen molar-refractivity contribution < 1.29 is 19.6 Å². The summed E-state index contributed by atoms with van der Waals surface area (Å²) in [5.41, 5.74) is 3.61. The van der Waals surface area contributed by atoms with Crippen LogP contribution in [0.3, 0.4) is 0 Å². The van der Waals surface area contributed by atoms with Crippen molar-refractivity contribution in [2.75, 3.05) is 0 Å². The van der Waals surface area contributed by atoms with E-state index in [-0.39, 0.29) is 24.2 Å². The van der Waals surface area contributed by atoms with Crippen molar-refractivity contribution in [3.05, 3.63) is 35.4 Å². The van der Waals surface area contributed by atoms with Gasteiger partial charge >= 0.3 is 0 Å². The highest BCUT2D eigenvalue weighted by atomic mass is 16.5. The Hall–Kier alpha value is -2.41. The molecule has 0 saturated carbocycles. The summed E-state index contributed by atoms with van der Waals surface area (Å²) in [4.78, 5) is 36.4. The Morgan fingerprint density at radius 3 is 2.60 bits per heavy atom. The van der Waals surface area contributed by atoms with Crippen LogP contribution in [0, 0.1) is 11.8 Å². The molecule has 136 valence electrons. The molecule has 1 aliphatic rings. The summed E-state index contributed by atoms with van der Waals surface area (Å²) >= 11 is 0. The van der Waals surface area contributed by atoms with Gasteiger partial charge in [-0.25, -0.2) is 5.48 Å². The third kappa shape index (κ3) is 5.29. The van der Waals surface area contributed by atoms with Crippen LogP contribution in [-0.2, 0) is 27.3 Å². The van der Waals surface area contributed by atoms with Crippen LogP contribution >= 0.6 is 0 Å². The number of benzene rings is 1. The Balaban J connectivity index is 2.10. The van der Waals surface area contributed by atoms with Crippen LogP contribution in [0.15, 0.2) is 24.3 Å². The summed E-state index contributed by atoms with van der Waals surface area (Å²) in [5.74, 6) is -1.60. The van der Waals surface area contributed by atoms with Gasteiger partial charge in [-0.05, 0) is 23.5 Å². The maximum Gasteiger partial charge on any atom is 0.244 e. The predicted octanol–water partition coefficient (Wildman–Crippen LogP) is 0.902. The minimum absolute atomic E-state index is 0.120. The van der Waals surface area contributed by atoms with Crippen molar-refractivity contribution in [3.8, 4) is 0 Å². The second-order valence-electron chi connectivity index (χ2n) is 6.82. The zero-order chi connectivity index (χ0) is 18.4. The standard InChI is InChI=1S/C18H25N3O4/c1-11(2)7-14(9-16(22)21-25)17(23)20-15-8-12-5-3-4-6-13(12)10-19-18(15)24/h3-6,11,14-15,25H,7-10H2,1-2H3,(H,19,24)(H,20,23)(H,21,22)/t14-,15+/m1/s1. The summed E-state index contributed by atoms with van der Waals surface area (Å²) in [6.07, 6.45) is 0.782. The minimum Gasteiger partial charge on any atom is -0.350 e. The fourth-order valence-electron chi connectivity index (χ4n) is 3.07. The number of amides is 3. The van der Waals surface area contributed by atoms with Crippen molar-refractivity contribution in [1.82, 2.24) is 16.1 Å². The molecule has 0 aromatic heterocycles. The number of hydrogen-bond donors (Lipinski definition) is 4. The number of rotatable bonds is 6. The van der Waals surface area contributed by atoms with Gasteiger partial charge in [0.1, 0.15) is 6.04 Å². The smallest absolute Gasteiger partial charge is 0.244 e. The molecular weight excluding hydrogens is 322 g/mol. The molecule has 2 atom stereocenters. The number of nitrogens with one attached hydrogen (secondary N) is 3. The average Bonchev–Trinajstić information content (AvgIpc) is 2.73. The molecular formula is C18H25N3O4. The van der Waals surface area contributed by atoms with Gasteiger partial charge in [0.25, 0.3) is 0 Å². The fraction of sp³-hybridized carbons (Fsp3) is 0.500. The summed E-state index contributed by atoms with van der Waals surface area (Å²) in [6.45, 7) is 4.33. The second-order valence-corrected chi connectivity index (χ2v) is 6.82. The highest BCUT2D eigenvalue weighted by molar-refractivity contribution is 5.91. The van der Waals surface area contributed by atoms with Crippen molar-refractivity contribution in [2.24, 2.45) is 11.8 Å². The molecule has 0 radical (unpaired) electrons. The first-order valence-electron chi connectivity index (χ1n) is 8.48. The molecule has 1 aromatic rings. The molecule has 2 rings (SSSR count). The van der Waals surface area contributed by atoms with Gasteiger partial charge in [0.05, 0.1) is 0 Å². The third-order valence-corrected chi connectivity index (χ3v) is 4.31. The van der Waals surface area contributed by atoms with Gasteiger partial charge in [-0.2, -0.15) is 0 Å². The summed E-state index contributed by atoms with van der Waals surface area (Å²) < 4.78 is 0. The largest absolute Gasteiger partial charge is 0.350 e. The van der Waals surface area contributed by atoms with Gasteiger partial charge in [0, 0.05) is 25.3 Å². The highest BCUT2D eigenvalue weighted by Crippen LogP contribution is 2.18. The first kappa shape index (κ1) is 18.9. The SMILES string of the molecule is CC(C)C[C@H](CC(=O)NO)C(=O)N[C@H]1Cc2ccccc2CNC1=O. The Labute approximate surface area is 147 Å². The Kier molecular flexibility index (Phi) is 6.52. The van der Waals surface area contributed by atoms with Crippen LogP contribution in [0.4, 0.5) is 0 Å². The quantitative estimate of drug-likeness (QED) is 0.453. The lowest BCUT2D eigenvalue weighted by molar-refractivity contribution is -0.136. The van der Waals surface area contributed by atoms with E-state index in [1.807, 2.05) is 38.1 Å². The first-order chi connectivity index (χ1) is 11.9. The van der Waals surface area contributed by atoms with Crippen LogP contribution in [0.25, 0.3) is 0 Å². The zero-order valence-corrected chi connectivity index (χ0v) is 14.5. The molecule has 0 saturated heterocycles. The molecule has 0 spiro atoms. The van der Waals surface area contributed by atoms with Crippen molar-refractivity contribution >= 4 is 17.7 Å². The van der Waals surface area contributed by atoms with E-state index in [0.717, 1.165) is 11.1 Å². The molecule has 4 N–H and O–H groups in total. The molecule has 0 bridgehead atoms. The van der Waals surface area contributed by atoms with Gasteiger partial charge < -0.3 is 10.6 Å². The van der Waals surface area contributed by atoms with E-state index in [2.05, 4.69) is 10.6 Å². The van der Waals surface area contributed by atoms with E-state index >= 15 is 0 Å². The number of carbonyl (C=O) groups is 3. The van der Waals surface area contributed by atoms with Crippen LogP contribution < -0.4 is 16.1 Å². The van der Waals surface area contributed by atoms with Crippen molar-refractivity contribution in [2.45, 2.75) is 45.7 Å². The Morgan fingerprint density at radius 1 is 1.28 bits per heavy atom. The molecule has 0 unspecified atom stereocenters. The van der Waals surface area contributed by atoms with Gasteiger partial charge in [-0.15, -0.1) is 0 Å². The lowest BCUT2D eigenvalue weighted by Gasteiger charge is -2.22. The van der Waals surface area contributed by atoms with E-state index < -0.39 is 17.9 Å². The molecule has 1 aliphatic heterocycles. The lowest BCUT2D eigenvalue weighted by Crippen LogP contribution is -2.49. The number of hydroxylamine groups is 1. The maximum absolute atomic E-state index is 12.6. The molecule has 7 nitrogen and oxygen atoms in total. The normalized spacial score (nSPS) is 17.9. The molecule has 0 fully saturated rings. The Morgan fingerprint density at radius 2 is 1.96 bits per heavy atom. The van der Waals surface area contributed by atoms with E-state index in [9.17, 15) is 14.4 Å². The predicted molar refractivity (Wildman–Crippen MR) is 91.4 cm³/mol. The minimum atomic E-state index is -0.678. The maximum atomic E-state index is 12.6. The van der Waals surface area contributed by atoms with Gasteiger partial charge in [-0.1, -0.05) is 38.1 Å². The van der Waals surface area contributed by atoms with E-state index in [1.165, 1.54) is 0 Å². The summed E-state index contributed by atoms with van der Waals surface area (Å²) in [6, 6.07) is 7.03. The number of carbonyl (C=O) groups excluding carboxylic acids is 3. The van der Waals surface area contributed by atoms with E-state index in [4.69, 9.17) is 5.21 Å². The zero-order valence-electron chi connectivity index (χ0n) is 14.5. The van der Waals surface area contributed by atoms with Gasteiger partial charge in [0.15, 0.2) is 0 Å². The monoisotopic (exact) mass is 347 g/mol. The Bertz CT molecular complexity index is 645. The fourth-order valence-corrected chi connectivity index (χ4v) is 3.07. The summed E-state index contributed by atoms with van der Waals surface area (Å²) in [7, 11) is 0. The summed E-state index contributed by atoms with van der Waals surface area (Å²) in [5, 5.41) is 14.3. The molecule has 3 amide bonds. The molecule has 1 heterocycles. The van der Waals surface area contributed by atoms with Crippen LogP contribution in [-0.4, -0.2) is 29.0 Å². The topological polar surface area (TPSA) is 108 Å². The van der Waals surface area contributed by atoms with Crippen molar-refractivity contribution in [1.29, 1.82) is 0 Å². The third-order valence-electron chi connectivity index (χ3n) is 4.31. The van der Waals surface area contributed by atoms with E-state index in [0.29, 0.717) is 19.4 Å². The average molecular weight is 347 g/mol. The highest BCUT2D eigenvalue weighted by Gasteiger charge is 2.29. The number of fused-ring (bicyclic) bond motifs is 1. The van der Waals surface area contributed by atoms with Gasteiger partial charge in [-0.3, -0.25) is 19.6 Å². The molecule has 1 aromatic carbocycles. The second kappa shape index (κ2) is 8.62. The molecule has 0 aliphatic carbocycles. The lowest BCUT2D eigenvalue weighted by atomic mass is 9.92. The van der Waals surface area contributed by atoms with Crippen LogP contribution in [0.5, 0.6) is 0 Å². The van der Waals surface area contributed by atoms with Crippen LogP contribution in [0.2, 0.25) is 0 Å². The number of hydrogen-bond acceptors (Lipinski definition) is 4. The van der Waals surface area contributed by atoms with Crippen LogP contribution in [0.1, 0.15) is 37.8 Å².